The summed E-state index contributed by atoms with van der Waals surface area (Å²) in [6.07, 6.45) is 3.53. The van der Waals surface area contributed by atoms with Crippen LogP contribution in [0.4, 0.5) is 0 Å². The van der Waals surface area contributed by atoms with Crippen LogP contribution in [0.1, 0.15) is 33.6 Å². The first-order valence-corrected chi connectivity index (χ1v) is 5.65. The molecule has 0 bridgehead atoms. The second-order valence-corrected chi connectivity index (χ2v) is 4.43. The van der Waals surface area contributed by atoms with Gasteiger partial charge in [-0.15, -0.1) is 6.58 Å². The molecule has 0 aromatic rings. The number of carbonyl (C=O) groups is 2. The van der Waals surface area contributed by atoms with Crippen LogP contribution in [0.3, 0.4) is 0 Å². The van der Waals surface area contributed by atoms with Gasteiger partial charge in [-0.3, -0.25) is 4.79 Å². The Balaban J connectivity index is 2.76. The zero-order valence-electron chi connectivity index (χ0n) is 10.6. The van der Waals surface area contributed by atoms with Gasteiger partial charge in [0.1, 0.15) is 6.10 Å². The topological polar surface area (TPSA) is 43.4 Å². The van der Waals surface area contributed by atoms with Gasteiger partial charge in [0, 0.05) is 11.6 Å². The molecule has 3 nitrogen and oxygen atoms in total. The zero-order valence-corrected chi connectivity index (χ0v) is 10.6. The third-order valence-electron chi connectivity index (χ3n) is 2.68. The molecule has 0 aromatic carbocycles. The highest BCUT2D eigenvalue weighted by Crippen LogP contribution is 2.28. The Morgan fingerprint density at radius 2 is 2.18 bits per heavy atom. The summed E-state index contributed by atoms with van der Waals surface area (Å²) in [6.45, 7) is 9.10. The summed E-state index contributed by atoms with van der Waals surface area (Å²) in [5, 5.41) is 0. The monoisotopic (exact) mass is 234 g/mol. The zero-order chi connectivity index (χ0) is 13.0. The molecule has 0 saturated heterocycles. The lowest BCUT2D eigenvalue weighted by Crippen LogP contribution is -2.16. The molecule has 0 spiro atoms. The van der Waals surface area contributed by atoms with Gasteiger partial charge in [-0.25, -0.2) is 4.79 Å². The van der Waals surface area contributed by atoms with Crippen molar-refractivity contribution in [3.8, 4) is 0 Å². The first-order valence-electron chi connectivity index (χ1n) is 5.65. The number of hydrogen-bond donors (Lipinski definition) is 0. The number of ketones is 1. The highest BCUT2D eigenvalue weighted by atomic mass is 16.5. The van der Waals surface area contributed by atoms with Crippen LogP contribution in [0.25, 0.3) is 0 Å². The Kier molecular flexibility index (Phi) is 4.44. The van der Waals surface area contributed by atoms with Gasteiger partial charge in [0.05, 0.1) is 6.42 Å². The van der Waals surface area contributed by atoms with Crippen LogP contribution in [0.15, 0.2) is 35.5 Å². The van der Waals surface area contributed by atoms with E-state index in [1.54, 1.807) is 6.08 Å². The minimum absolute atomic E-state index is 0.0531. The van der Waals surface area contributed by atoms with Crippen molar-refractivity contribution in [2.75, 3.05) is 0 Å². The number of rotatable bonds is 4. The van der Waals surface area contributed by atoms with Crippen molar-refractivity contribution in [1.82, 2.24) is 0 Å². The van der Waals surface area contributed by atoms with Crippen LogP contribution >= 0.6 is 0 Å². The Bertz CT molecular complexity index is 409. The van der Waals surface area contributed by atoms with Gasteiger partial charge in [-0.2, -0.15) is 0 Å². The molecule has 1 aliphatic carbocycles. The Morgan fingerprint density at radius 1 is 1.53 bits per heavy atom. The van der Waals surface area contributed by atoms with E-state index in [2.05, 4.69) is 6.58 Å². The summed E-state index contributed by atoms with van der Waals surface area (Å²) in [4.78, 5) is 23.1. The Labute approximate surface area is 102 Å². The number of carbonyl (C=O) groups excluding carboxylic acids is 2. The average molecular weight is 234 g/mol. The van der Waals surface area contributed by atoms with E-state index in [0.717, 1.165) is 16.7 Å². The van der Waals surface area contributed by atoms with Crippen LogP contribution in [0.5, 0.6) is 0 Å². The summed E-state index contributed by atoms with van der Waals surface area (Å²) >= 11 is 0. The minimum atomic E-state index is -0.402. The Hall–Kier alpha value is -1.64. The van der Waals surface area contributed by atoms with E-state index in [1.807, 2.05) is 20.8 Å². The fraction of sp³-hybridized carbons (Fsp3) is 0.429. The summed E-state index contributed by atoms with van der Waals surface area (Å²) in [6, 6.07) is 0. The first kappa shape index (κ1) is 13.4. The van der Waals surface area contributed by atoms with Crippen LogP contribution in [0.2, 0.25) is 0 Å². The number of esters is 1. The maximum atomic E-state index is 11.7. The van der Waals surface area contributed by atoms with Gasteiger partial charge in [-0.1, -0.05) is 11.6 Å². The van der Waals surface area contributed by atoms with Crippen molar-refractivity contribution in [2.45, 2.75) is 39.7 Å². The van der Waals surface area contributed by atoms with E-state index < -0.39 is 6.10 Å². The van der Waals surface area contributed by atoms with Crippen molar-refractivity contribution in [1.29, 1.82) is 0 Å². The summed E-state index contributed by atoms with van der Waals surface area (Å²) in [7, 11) is 0. The van der Waals surface area contributed by atoms with Gasteiger partial charge in [0.15, 0.2) is 5.78 Å². The quantitative estimate of drug-likeness (QED) is 0.427. The van der Waals surface area contributed by atoms with Crippen molar-refractivity contribution < 1.29 is 14.3 Å². The molecule has 0 aromatic heterocycles. The van der Waals surface area contributed by atoms with Gasteiger partial charge in [0.25, 0.3) is 0 Å². The molecule has 0 heterocycles. The van der Waals surface area contributed by atoms with Crippen molar-refractivity contribution in [3.05, 3.63) is 35.5 Å². The lowest BCUT2D eigenvalue weighted by molar-refractivity contribution is -0.141. The standard InChI is InChI=1S/C14H18O3/c1-5-6-11-10(4)13(8-12(11)15)17-14(16)7-9(2)3/h5,7,13H,1,6,8H2,2-4H3/t13-/m1/s1. The van der Waals surface area contributed by atoms with E-state index in [4.69, 9.17) is 4.74 Å². The normalized spacial score (nSPS) is 19.2. The molecule has 1 aliphatic rings. The third kappa shape index (κ3) is 3.41. The molecule has 0 N–H and O–H groups in total. The lowest BCUT2D eigenvalue weighted by Gasteiger charge is -2.11. The Morgan fingerprint density at radius 3 is 2.71 bits per heavy atom. The smallest absolute Gasteiger partial charge is 0.331 e. The predicted molar refractivity (Wildman–Crippen MR) is 66.4 cm³/mol. The van der Waals surface area contributed by atoms with E-state index in [1.165, 1.54) is 6.08 Å². The molecule has 0 radical (unpaired) electrons. The van der Waals surface area contributed by atoms with Crippen molar-refractivity contribution >= 4 is 11.8 Å². The lowest BCUT2D eigenvalue weighted by atomic mass is 10.1. The first-order chi connectivity index (χ1) is 7.95. The predicted octanol–water partition coefficient (Wildman–Crippen LogP) is 2.73. The average Bonchev–Trinajstić information content (AvgIpc) is 2.45. The molecule has 0 fully saturated rings. The van der Waals surface area contributed by atoms with Crippen LogP contribution in [-0.4, -0.2) is 17.9 Å². The van der Waals surface area contributed by atoms with Crippen LogP contribution in [0, 0.1) is 0 Å². The fourth-order valence-corrected chi connectivity index (χ4v) is 1.82. The van der Waals surface area contributed by atoms with E-state index in [-0.39, 0.29) is 18.2 Å². The second-order valence-electron chi connectivity index (χ2n) is 4.43. The molecule has 17 heavy (non-hydrogen) atoms. The summed E-state index contributed by atoms with van der Waals surface area (Å²) in [5.41, 5.74) is 2.47. The number of ether oxygens (including phenoxy) is 1. The number of allylic oxidation sites excluding steroid dienone is 3. The molecular weight excluding hydrogens is 216 g/mol. The SMILES string of the molecule is C=CCC1=C(C)[C@H](OC(=O)C=C(C)C)CC1=O. The van der Waals surface area contributed by atoms with E-state index in [9.17, 15) is 9.59 Å². The highest BCUT2D eigenvalue weighted by Gasteiger charge is 2.30. The van der Waals surface area contributed by atoms with Gasteiger partial charge >= 0.3 is 5.97 Å². The van der Waals surface area contributed by atoms with Gasteiger partial charge in [0.2, 0.25) is 0 Å². The highest BCUT2D eigenvalue weighted by molar-refractivity contribution is 6.00. The molecule has 0 amide bonds. The molecule has 0 aliphatic heterocycles. The van der Waals surface area contributed by atoms with Gasteiger partial charge in [-0.05, 0) is 32.8 Å². The van der Waals surface area contributed by atoms with Crippen molar-refractivity contribution in [3.63, 3.8) is 0 Å². The van der Waals surface area contributed by atoms with Crippen LogP contribution in [-0.2, 0) is 14.3 Å². The number of Topliss-reactive ketones (excluding diaryl/α,β-unsaturated/α-hetero) is 1. The molecule has 3 heteroatoms. The summed E-state index contributed by atoms with van der Waals surface area (Å²) in [5.74, 6) is -0.334. The largest absolute Gasteiger partial charge is 0.454 e. The van der Waals surface area contributed by atoms with E-state index >= 15 is 0 Å². The number of hydrogen-bond acceptors (Lipinski definition) is 3. The minimum Gasteiger partial charge on any atom is -0.454 e. The third-order valence-corrected chi connectivity index (χ3v) is 2.68. The second kappa shape index (κ2) is 5.62. The summed E-state index contributed by atoms with van der Waals surface area (Å²) < 4.78 is 5.25. The molecule has 92 valence electrons. The maximum absolute atomic E-state index is 11.7. The molecule has 0 saturated carbocycles. The van der Waals surface area contributed by atoms with Crippen LogP contribution < -0.4 is 0 Å². The molecular formula is C14H18O3. The van der Waals surface area contributed by atoms with Crippen molar-refractivity contribution in [2.24, 2.45) is 0 Å². The fourth-order valence-electron chi connectivity index (χ4n) is 1.82. The molecule has 1 rings (SSSR count). The van der Waals surface area contributed by atoms with E-state index in [0.29, 0.717) is 6.42 Å². The maximum Gasteiger partial charge on any atom is 0.331 e. The molecule has 1 atom stereocenters. The van der Waals surface area contributed by atoms with Gasteiger partial charge < -0.3 is 4.74 Å². The molecule has 0 unspecified atom stereocenters.